The van der Waals surface area contributed by atoms with Crippen LogP contribution in [-0.2, 0) is 9.59 Å². The average molecular weight is 339 g/mol. The van der Waals surface area contributed by atoms with E-state index >= 15 is 0 Å². The van der Waals surface area contributed by atoms with Gasteiger partial charge in [0, 0.05) is 51.0 Å². The quantitative estimate of drug-likeness (QED) is 0.797. The first-order valence-electron chi connectivity index (χ1n) is 7.77. The number of benzene rings is 1. The lowest BCUT2D eigenvalue weighted by Gasteiger charge is -2.32. The highest BCUT2D eigenvalue weighted by molar-refractivity contribution is 6.01. The average Bonchev–Trinajstić information content (AvgIpc) is 2.55. The monoisotopic (exact) mass is 338 g/mol. The molecule has 6 nitrogen and oxygen atoms in total. The fraction of sp³-hybridized carbons (Fsp3) is 0.500. The molecular formula is C16H23ClN4O2. The van der Waals surface area contributed by atoms with Gasteiger partial charge in [-0.1, -0.05) is 0 Å². The standard InChI is InChI=1S/C16H22N4O2.ClH/c1-19(14-6-7-15(21)18-16(14)22)12-2-4-13(5-3-12)20-10-8-17-9-11-20;/h2-5,14,17H,6-11H2,1H3,(H,18,21,22);1H. The van der Waals surface area contributed by atoms with E-state index in [0.29, 0.717) is 12.8 Å². The maximum atomic E-state index is 11.9. The van der Waals surface area contributed by atoms with Gasteiger partial charge < -0.3 is 15.1 Å². The number of carbonyl (C=O) groups is 2. The molecule has 2 N–H and O–H groups in total. The molecule has 0 bridgehead atoms. The number of nitrogens with one attached hydrogen (secondary N) is 2. The summed E-state index contributed by atoms with van der Waals surface area (Å²) in [5, 5.41) is 5.75. The molecular weight excluding hydrogens is 316 g/mol. The number of anilines is 2. The van der Waals surface area contributed by atoms with Crippen molar-refractivity contribution in [3.63, 3.8) is 0 Å². The van der Waals surface area contributed by atoms with Gasteiger partial charge in [-0.05, 0) is 30.7 Å². The Bertz CT molecular complexity index is 558. The molecule has 0 spiro atoms. The summed E-state index contributed by atoms with van der Waals surface area (Å²) in [6.45, 7) is 4.06. The lowest BCUT2D eigenvalue weighted by molar-refractivity contribution is -0.134. The SMILES string of the molecule is CN(c1ccc(N2CCNCC2)cc1)C1CCC(=O)NC1=O.Cl. The molecule has 1 aromatic carbocycles. The molecule has 3 rings (SSSR count). The van der Waals surface area contributed by atoms with Crippen LogP contribution in [0.1, 0.15) is 12.8 Å². The van der Waals surface area contributed by atoms with Crippen LogP contribution in [0.4, 0.5) is 11.4 Å². The Balaban J connectivity index is 0.00000192. The number of carbonyl (C=O) groups excluding carboxylic acids is 2. The molecule has 1 aromatic rings. The zero-order chi connectivity index (χ0) is 15.5. The van der Waals surface area contributed by atoms with Crippen LogP contribution in [0.15, 0.2) is 24.3 Å². The number of piperazine rings is 1. The van der Waals surface area contributed by atoms with Gasteiger partial charge in [0.2, 0.25) is 11.8 Å². The summed E-state index contributed by atoms with van der Waals surface area (Å²) in [7, 11) is 1.90. The Morgan fingerprint density at radius 2 is 1.78 bits per heavy atom. The molecule has 2 saturated heterocycles. The zero-order valence-electron chi connectivity index (χ0n) is 13.2. The number of amides is 2. The Labute approximate surface area is 142 Å². The molecule has 23 heavy (non-hydrogen) atoms. The molecule has 2 aliphatic heterocycles. The summed E-state index contributed by atoms with van der Waals surface area (Å²) in [5.74, 6) is -0.381. The van der Waals surface area contributed by atoms with Gasteiger partial charge in [0.25, 0.3) is 0 Å². The third-order valence-corrected chi connectivity index (χ3v) is 4.42. The van der Waals surface area contributed by atoms with Gasteiger partial charge in [-0.2, -0.15) is 0 Å². The first kappa shape index (κ1) is 17.6. The Hall–Kier alpha value is -1.79. The number of piperidine rings is 1. The molecule has 0 aromatic heterocycles. The minimum atomic E-state index is -0.275. The highest BCUT2D eigenvalue weighted by Crippen LogP contribution is 2.23. The highest BCUT2D eigenvalue weighted by atomic mass is 35.5. The molecule has 0 radical (unpaired) electrons. The van der Waals surface area contributed by atoms with Crippen LogP contribution in [0.3, 0.4) is 0 Å². The van der Waals surface area contributed by atoms with Crippen molar-refractivity contribution in [3.05, 3.63) is 24.3 Å². The van der Waals surface area contributed by atoms with E-state index in [1.807, 2.05) is 24.1 Å². The van der Waals surface area contributed by atoms with E-state index in [1.54, 1.807) is 0 Å². The molecule has 2 heterocycles. The summed E-state index contributed by atoms with van der Waals surface area (Å²) in [4.78, 5) is 27.5. The Morgan fingerprint density at radius 1 is 1.13 bits per heavy atom. The lowest BCUT2D eigenvalue weighted by Crippen LogP contribution is -2.51. The van der Waals surface area contributed by atoms with Crippen molar-refractivity contribution in [2.45, 2.75) is 18.9 Å². The molecule has 1 atom stereocenters. The largest absolute Gasteiger partial charge is 0.369 e. The normalized spacial score (nSPS) is 21.4. The van der Waals surface area contributed by atoms with Crippen molar-refractivity contribution in [2.75, 3.05) is 43.0 Å². The second-order valence-electron chi connectivity index (χ2n) is 5.83. The molecule has 1 unspecified atom stereocenters. The minimum Gasteiger partial charge on any atom is -0.369 e. The molecule has 0 aliphatic carbocycles. The van der Waals surface area contributed by atoms with Crippen molar-refractivity contribution in [3.8, 4) is 0 Å². The third kappa shape index (κ3) is 3.95. The molecule has 7 heteroatoms. The third-order valence-electron chi connectivity index (χ3n) is 4.42. The lowest BCUT2D eigenvalue weighted by atomic mass is 10.0. The van der Waals surface area contributed by atoms with Crippen LogP contribution in [0, 0.1) is 0 Å². The van der Waals surface area contributed by atoms with Gasteiger partial charge in [-0.3, -0.25) is 14.9 Å². The second kappa shape index (κ2) is 7.66. The predicted molar refractivity (Wildman–Crippen MR) is 93.3 cm³/mol. The molecule has 0 saturated carbocycles. The summed E-state index contributed by atoms with van der Waals surface area (Å²) >= 11 is 0. The molecule has 2 amide bonds. The van der Waals surface area contributed by atoms with E-state index < -0.39 is 0 Å². The van der Waals surface area contributed by atoms with E-state index in [9.17, 15) is 9.59 Å². The van der Waals surface area contributed by atoms with Crippen LogP contribution in [-0.4, -0.2) is 51.1 Å². The number of nitrogens with zero attached hydrogens (tertiary/aromatic N) is 2. The molecule has 2 aliphatic rings. The van der Waals surface area contributed by atoms with Crippen molar-refractivity contribution in [1.29, 1.82) is 0 Å². The summed E-state index contributed by atoms with van der Waals surface area (Å²) in [6.07, 6.45) is 0.973. The van der Waals surface area contributed by atoms with Crippen LogP contribution in [0.2, 0.25) is 0 Å². The van der Waals surface area contributed by atoms with Crippen LogP contribution >= 0.6 is 12.4 Å². The zero-order valence-corrected chi connectivity index (χ0v) is 14.1. The van der Waals surface area contributed by atoms with Gasteiger partial charge in [0.1, 0.15) is 6.04 Å². The van der Waals surface area contributed by atoms with Crippen molar-refractivity contribution in [2.24, 2.45) is 0 Å². The smallest absolute Gasteiger partial charge is 0.249 e. The van der Waals surface area contributed by atoms with Crippen LogP contribution in [0.25, 0.3) is 0 Å². The number of hydrogen-bond donors (Lipinski definition) is 2. The summed E-state index contributed by atoms with van der Waals surface area (Å²) in [5.41, 5.74) is 2.20. The van der Waals surface area contributed by atoms with Crippen LogP contribution < -0.4 is 20.4 Å². The van der Waals surface area contributed by atoms with Crippen molar-refractivity contribution >= 4 is 35.6 Å². The fourth-order valence-corrected chi connectivity index (χ4v) is 3.05. The first-order chi connectivity index (χ1) is 10.6. The maximum absolute atomic E-state index is 11.9. The van der Waals surface area contributed by atoms with Gasteiger partial charge in [-0.15, -0.1) is 12.4 Å². The number of rotatable bonds is 3. The number of imide groups is 1. The Morgan fingerprint density at radius 3 is 2.39 bits per heavy atom. The number of halogens is 1. The topological polar surface area (TPSA) is 64.7 Å². The van der Waals surface area contributed by atoms with Gasteiger partial charge >= 0.3 is 0 Å². The van der Waals surface area contributed by atoms with E-state index in [0.717, 1.165) is 31.9 Å². The first-order valence-corrected chi connectivity index (χ1v) is 7.77. The number of hydrogen-bond acceptors (Lipinski definition) is 5. The molecule has 126 valence electrons. The van der Waals surface area contributed by atoms with Crippen molar-refractivity contribution < 1.29 is 9.59 Å². The summed E-state index contributed by atoms with van der Waals surface area (Å²) < 4.78 is 0. The summed E-state index contributed by atoms with van der Waals surface area (Å²) in [6, 6.07) is 8.01. The predicted octanol–water partition coefficient (Wildman–Crippen LogP) is 0.759. The van der Waals surface area contributed by atoms with E-state index in [1.165, 1.54) is 5.69 Å². The van der Waals surface area contributed by atoms with E-state index in [2.05, 4.69) is 27.7 Å². The van der Waals surface area contributed by atoms with Crippen molar-refractivity contribution in [1.82, 2.24) is 10.6 Å². The number of likely N-dealkylation sites (N-methyl/N-ethyl adjacent to an activating group) is 1. The second-order valence-corrected chi connectivity index (χ2v) is 5.83. The van der Waals surface area contributed by atoms with Gasteiger partial charge in [0.05, 0.1) is 0 Å². The van der Waals surface area contributed by atoms with E-state index in [4.69, 9.17) is 0 Å². The highest BCUT2D eigenvalue weighted by Gasteiger charge is 2.29. The fourth-order valence-electron chi connectivity index (χ4n) is 3.05. The van der Waals surface area contributed by atoms with E-state index in [-0.39, 0.29) is 30.3 Å². The van der Waals surface area contributed by atoms with Crippen LogP contribution in [0.5, 0.6) is 0 Å². The minimum absolute atomic E-state index is 0. The molecule has 2 fully saturated rings. The van der Waals surface area contributed by atoms with Gasteiger partial charge in [0.15, 0.2) is 0 Å². The van der Waals surface area contributed by atoms with Gasteiger partial charge in [-0.25, -0.2) is 0 Å². The Kier molecular flexibility index (Phi) is 5.85. The maximum Gasteiger partial charge on any atom is 0.249 e.